The SMILES string of the molecule is Cc1cccc(C(=O)N2CCC(C(=O)O)(c3ccccc3)CC2)c1Cl. The maximum Gasteiger partial charge on any atom is 0.314 e. The van der Waals surface area contributed by atoms with Gasteiger partial charge in [-0.05, 0) is 37.0 Å². The van der Waals surface area contributed by atoms with Crippen LogP contribution in [0.1, 0.15) is 34.3 Å². The number of amides is 1. The summed E-state index contributed by atoms with van der Waals surface area (Å²) < 4.78 is 0. The quantitative estimate of drug-likeness (QED) is 0.906. The molecule has 0 bridgehead atoms. The third kappa shape index (κ3) is 3.14. The average molecular weight is 358 g/mol. The van der Waals surface area contributed by atoms with E-state index in [-0.39, 0.29) is 5.91 Å². The molecule has 5 heteroatoms. The first-order chi connectivity index (χ1) is 12.0. The zero-order valence-corrected chi connectivity index (χ0v) is 14.8. The molecular weight excluding hydrogens is 338 g/mol. The Bertz CT molecular complexity index is 796. The average Bonchev–Trinajstić information content (AvgIpc) is 2.64. The number of hydrogen-bond acceptors (Lipinski definition) is 2. The molecule has 2 aromatic rings. The summed E-state index contributed by atoms with van der Waals surface area (Å²) in [7, 11) is 0. The second-order valence-electron chi connectivity index (χ2n) is 6.48. The van der Waals surface area contributed by atoms with Crippen LogP contribution in [0.2, 0.25) is 5.02 Å². The number of piperidine rings is 1. The van der Waals surface area contributed by atoms with Crippen LogP contribution in [-0.2, 0) is 10.2 Å². The molecule has 0 unspecified atom stereocenters. The van der Waals surface area contributed by atoms with Crippen LogP contribution in [0.15, 0.2) is 48.5 Å². The first-order valence-electron chi connectivity index (χ1n) is 8.29. The number of hydrogen-bond donors (Lipinski definition) is 1. The first-order valence-corrected chi connectivity index (χ1v) is 8.67. The summed E-state index contributed by atoms with van der Waals surface area (Å²) in [4.78, 5) is 26.5. The van der Waals surface area contributed by atoms with E-state index in [2.05, 4.69) is 0 Å². The number of carboxylic acids is 1. The van der Waals surface area contributed by atoms with Crippen LogP contribution < -0.4 is 0 Å². The normalized spacial score (nSPS) is 16.5. The van der Waals surface area contributed by atoms with Gasteiger partial charge in [0.2, 0.25) is 0 Å². The molecule has 0 aliphatic carbocycles. The minimum atomic E-state index is -0.936. The minimum Gasteiger partial charge on any atom is -0.481 e. The van der Waals surface area contributed by atoms with Crippen LogP contribution in [0, 0.1) is 6.92 Å². The Kier molecular flexibility index (Phi) is 4.82. The fourth-order valence-electron chi connectivity index (χ4n) is 3.46. The molecule has 130 valence electrons. The lowest BCUT2D eigenvalue weighted by atomic mass is 9.72. The summed E-state index contributed by atoms with van der Waals surface area (Å²) in [5.74, 6) is -0.972. The zero-order chi connectivity index (χ0) is 18.0. The Hall–Kier alpha value is -2.33. The van der Waals surface area contributed by atoms with Crippen molar-refractivity contribution in [3.63, 3.8) is 0 Å². The lowest BCUT2D eigenvalue weighted by molar-refractivity contribution is -0.145. The number of rotatable bonds is 3. The highest BCUT2D eigenvalue weighted by Crippen LogP contribution is 2.36. The van der Waals surface area contributed by atoms with Crippen LogP contribution >= 0.6 is 11.6 Å². The molecule has 3 rings (SSSR count). The molecule has 1 fully saturated rings. The number of halogens is 1. The molecule has 25 heavy (non-hydrogen) atoms. The Morgan fingerprint density at radius 3 is 2.28 bits per heavy atom. The van der Waals surface area contributed by atoms with Crippen molar-refractivity contribution in [3.8, 4) is 0 Å². The molecule has 0 saturated carbocycles. The molecule has 1 N–H and O–H groups in total. The van der Waals surface area contributed by atoms with Crippen LogP contribution in [0.25, 0.3) is 0 Å². The number of carbonyl (C=O) groups excluding carboxylic acids is 1. The second kappa shape index (κ2) is 6.89. The number of carbonyl (C=O) groups is 2. The van der Waals surface area contributed by atoms with Gasteiger partial charge < -0.3 is 10.0 Å². The van der Waals surface area contributed by atoms with Crippen molar-refractivity contribution in [3.05, 3.63) is 70.2 Å². The van der Waals surface area contributed by atoms with E-state index < -0.39 is 11.4 Å². The summed E-state index contributed by atoms with van der Waals surface area (Å²) in [6.07, 6.45) is 0.781. The van der Waals surface area contributed by atoms with Crippen molar-refractivity contribution in [1.82, 2.24) is 4.90 Å². The lowest BCUT2D eigenvalue weighted by Crippen LogP contribution is -2.49. The van der Waals surface area contributed by atoms with Gasteiger partial charge in [-0.1, -0.05) is 54.1 Å². The van der Waals surface area contributed by atoms with Crippen LogP contribution in [0.3, 0.4) is 0 Å². The van der Waals surface area contributed by atoms with E-state index in [9.17, 15) is 14.7 Å². The van der Waals surface area contributed by atoms with Gasteiger partial charge in [-0.15, -0.1) is 0 Å². The van der Waals surface area contributed by atoms with Gasteiger partial charge in [0.15, 0.2) is 0 Å². The molecule has 1 heterocycles. The lowest BCUT2D eigenvalue weighted by Gasteiger charge is -2.39. The van der Waals surface area contributed by atoms with Gasteiger partial charge >= 0.3 is 5.97 Å². The standard InChI is InChI=1S/C20H20ClNO3/c1-14-6-5-9-16(17(14)21)18(23)22-12-10-20(11-13-22,19(24)25)15-7-3-2-4-8-15/h2-9H,10-13H2,1H3,(H,24,25). The second-order valence-corrected chi connectivity index (χ2v) is 6.86. The van der Waals surface area contributed by atoms with E-state index >= 15 is 0 Å². The number of carboxylic acid groups (broad SMARTS) is 1. The highest BCUT2D eigenvalue weighted by molar-refractivity contribution is 6.34. The maximum absolute atomic E-state index is 12.8. The van der Waals surface area contributed by atoms with Gasteiger partial charge in [0.25, 0.3) is 5.91 Å². The fraction of sp³-hybridized carbons (Fsp3) is 0.300. The highest BCUT2D eigenvalue weighted by Gasteiger charge is 2.44. The highest BCUT2D eigenvalue weighted by atomic mass is 35.5. The van der Waals surface area contributed by atoms with Gasteiger partial charge in [-0.3, -0.25) is 9.59 Å². The third-order valence-electron chi connectivity index (χ3n) is 5.06. The number of likely N-dealkylation sites (tertiary alicyclic amines) is 1. The number of benzene rings is 2. The van der Waals surface area contributed by atoms with Crippen molar-refractivity contribution < 1.29 is 14.7 Å². The maximum atomic E-state index is 12.8. The van der Waals surface area contributed by atoms with Crippen molar-refractivity contribution in [2.24, 2.45) is 0 Å². The van der Waals surface area contributed by atoms with Gasteiger partial charge in [0, 0.05) is 13.1 Å². The van der Waals surface area contributed by atoms with Gasteiger partial charge in [-0.25, -0.2) is 0 Å². The molecule has 0 aromatic heterocycles. The van der Waals surface area contributed by atoms with Crippen LogP contribution in [-0.4, -0.2) is 35.0 Å². The predicted molar refractivity (Wildman–Crippen MR) is 97.1 cm³/mol. The van der Waals surface area contributed by atoms with E-state index in [1.807, 2.05) is 49.4 Å². The van der Waals surface area contributed by atoms with Gasteiger partial charge in [0.1, 0.15) is 0 Å². The Labute approximate surface area is 152 Å². The van der Waals surface area contributed by atoms with E-state index in [0.717, 1.165) is 11.1 Å². The van der Waals surface area contributed by atoms with Crippen molar-refractivity contribution in [1.29, 1.82) is 0 Å². The third-order valence-corrected chi connectivity index (χ3v) is 5.56. The Balaban J connectivity index is 1.82. The molecule has 0 atom stereocenters. The molecule has 1 saturated heterocycles. The van der Waals surface area contributed by atoms with E-state index in [1.165, 1.54) is 0 Å². The molecular formula is C20H20ClNO3. The smallest absolute Gasteiger partial charge is 0.314 e. The largest absolute Gasteiger partial charge is 0.481 e. The van der Waals surface area contributed by atoms with E-state index in [1.54, 1.807) is 11.0 Å². The Morgan fingerprint density at radius 1 is 1.04 bits per heavy atom. The van der Waals surface area contributed by atoms with Gasteiger partial charge in [0.05, 0.1) is 16.0 Å². The number of aryl methyl sites for hydroxylation is 1. The molecule has 1 amide bonds. The summed E-state index contributed by atoms with van der Waals surface area (Å²) >= 11 is 6.27. The first kappa shape index (κ1) is 17.5. The summed E-state index contributed by atoms with van der Waals surface area (Å²) in [5, 5.41) is 10.3. The van der Waals surface area contributed by atoms with E-state index in [0.29, 0.717) is 36.5 Å². The minimum absolute atomic E-state index is 0.138. The summed E-state index contributed by atoms with van der Waals surface area (Å²) in [5.41, 5.74) is 1.19. The molecule has 2 aromatic carbocycles. The molecule has 0 spiro atoms. The molecule has 1 aliphatic heterocycles. The summed E-state index contributed by atoms with van der Waals surface area (Å²) in [6, 6.07) is 14.7. The molecule has 0 radical (unpaired) electrons. The fourth-order valence-corrected chi connectivity index (χ4v) is 3.66. The molecule has 4 nitrogen and oxygen atoms in total. The zero-order valence-electron chi connectivity index (χ0n) is 14.0. The number of nitrogens with zero attached hydrogens (tertiary/aromatic N) is 1. The van der Waals surface area contributed by atoms with Crippen molar-refractivity contribution >= 4 is 23.5 Å². The van der Waals surface area contributed by atoms with E-state index in [4.69, 9.17) is 11.6 Å². The van der Waals surface area contributed by atoms with Crippen LogP contribution in [0.4, 0.5) is 0 Å². The molecule has 1 aliphatic rings. The summed E-state index contributed by atoms with van der Waals surface area (Å²) in [6.45, 7) is 2.65. The number of aliphatic carboxylic acids is 1. The topological polar surface area (TPSA) is 57.6 Å². The van der Waals surface area contributed by atoms with Crippen LogP contribution in [0.5, 0.6) is 0 Å². The van der Waals surface area contributed by atoms with Crippen molar-refractivity contribution in [2.45, 2.75) is 25.2 Å². The predicted octanol–water partition coefficient (Wildman–Crippen LogP) is 3.91. The van der Waals surface area contributed by atoms with Gasteiger partial charge in [-0.2, -0.15) is 0 Å². The van der Waals surface area contributed by atoms with Crippen molar-refractivity contribution in [2.75, 3.05) is 13.1 Å². The monoisotopic (exact) mass is 357 g/mol. The Morgan fingerprint density at radius 2 is 1.68 bits per heavy atom.